The predicted octanol–water partition coefficient (Wildman–Crippen LogP) is 4.15. The van der Waals surface area contributed by atoms with E-state index in [1.165, 1.54) is 17.4 Å². The smallest absolute Gasteiger partial charge is 0.268 e. The van der Waals surface area contributed by atoms with Gasteiger partial charge in [-0.15, -0.1) is 10.2 Å². The second-order valence-electron chi connectivity index (χ2n) is 7.08. The van der Waals surface area contributed by atoms with E-state index < -0.39 is 5.91 Å². The maximum Gasteiger partial charge on any atom is 0.268 e. The number of carbonyl (C=O) groups excluding carboxylic acids is 1. The second kappa shape index (κ2) is 10.9. The number of anilines is 2. The number of morpholine rings is 1. The third-order valence-corrected chi connectivity index (χ3v) is 5.98. The van der Waals surface area contributed by atoms with Crippen LogP contribution in [0.15, 0.2) is 54.1 Å². The fourth-order valence-electron chi connectivity index (χ4n) is 3.09. The number of benzene rings is 2. The molecule has 4 rings (SSSR count). The highest BCUT2D eigenvalue weighted by Crippen LogP contribution is 2.28. The minimum Gasteiger partial charge on any atom is -0.487 e. The highest BCUT2D eigenvalue weighted by Gasteiger charge is 2.18. The van der Waals surface area contributed by atoms with Gasteiger partial charge in [-0.25, -0.2) is 0 Å². The summed E-state index contributed by atoms with van der Waals surface area (Å²) in [5.74, 6) is -0.0483. The fourth-order valence-corrected chi connectivity index (χ4v) is 4.12. The number of nitriles is 1. The summed E-state index contributed by atoms with van der Waals surface area (Å²) in [7, 11) is 0. The minimum absolute atomic E-state index is 0.0767. The molecule has 0 atom stereocenters. The topological polar surface area (TPSA) is 100 Å². The number of amides is 1. The molecule has 168 valence electrons. The van der Waals surface area contributed by atoms with E-state index >= 15 is 0 Å². The summed E-state index contributed by atoms with van der Waals surface area (Å²) in [6.07, 6.45) is 1.46. The molecule has 1 amide bonds. The van der Waals surface area contributed by atoms with Crippen molar-refractivity contribution in [3.63, 3.8) is 0 Å². The summed E-state index contributed by atoms with van der Waals surface area (Å²) in [5.41, 5.74) is 1.55. The summed E-state index contributed by atoms with van der Waals surface area (Å²) in [6, 6.07) is 16.8. The Morgan fingerprint density at radius 1 is 1.24 bits per heavy atom. The molecule has 0 spiro atoms. The highest BCUT2D eigenvalue weighted by molar-refractivity contribution is 7.19. The molecule has 8 nitrogen and oxygen atoms in total. The first-order valence-corrected chi connectivity index (χ1v) is 11.4. The lowest BCUT2D eigenvalue weighted by atomic mass is 10.1. The Bertz CT molecular complexity index is 1190. The van der Waals surface area contributed by atoms with E-state index in [4.69, 9.17) is 21.1 Å². The van der Waals surface area contributed by atoms with Gasteiger partial charge >= 0.3 is 0 Å². The van der Waals surface area contributed by atoms with Crippen LogP contribution >= 0.6 is 22.9 Å². The van der Waals surface area contributed by atoms with E-state index in [0.29, 0.717) is 46.4 Å². The molecule has 1 aromatic heterocycles. The van der Waals surface area contributed by atoms with E-state index in [0.717, 1.165) is 18.7 Å². The predicted molar refractivity (Wildman–Crippen MR) is 127 cm³/mol. The second-order valence-corrected chi connectivity index (χ2v) is 8.44. The molecule has 33 heavy (non-hydrogen) atoms. The summed E-state index contributed by atoms with van der Waals surface area (Å²) >= 11 is 7.59. The molecule has 10 heteroatoms. The molecule has 0 radical (unpaired) electrons. The molecule has 1 fully saturated rings. The number of nitrogens with one attached hydrogen (secondary N) is 1. The van der Waals surface area contributed by atoms with Gasteiger partial charge in [-0.3, -0.25) is 10.1 Å². The Morgan fingerprint density at radius 3 is 2.76 bits per heavy atom. The maximum absolute atomic E-state index is 12.6. The van der Waals surface area contributed by atoms with Crippen LogP contribution in [0.1, 0.15) is 11.1 Å². The van der Waals surface area contributed by atoms with Gasteiger partial charge in [0.05, 0.1) is 18.2 Å². The Morgan fingerprint density at radius 2 is 2.03 bits per heavy atom. The molecule has 0 aliphatic carbocycles. The van der Waals surface area contributed by atoms with Gasteiger partial charge in [0.25, 0.3) is 5.91 Å². The minimum atomic E-state index is -0.567. The lowest BCUT2D eigenvalue weighted by Crippen LogP contribution is -2.36. The van der Waals surface area contributed by atoms with Crippen molar-refractivity contribution < 1.29 is 14.3 Å². The number of hydrogen-bond acceptors (Lipinski definition) is 8. The van der Waals surface area contributed by atoms with Crippen LogP contribution in [-0.2, 0) is 16.1 Å². The normalized spacial score (nSPS) is 13.9. The van der Waals surface area contributed by atoms with Gasteiger partial charge in [-0.05, 0) is 29.3 Å². The van der Waals surface area contributed by atoms with Crippen LogP contribution in [0.4, 0.5) is 10.3 Å². The lowest BCUT2D eigenvalue weighted by molar-refractivity contribution is -0.112. The van der Waals surface area contributed by atoms with Crippen molar-refractivity contribution in [1.29, 1.82) is 5.26 Å². The van der Waals surface area contributed by atoms with E-state index in [9.17, 15) is 10.1 Å². The zero-order chi connectivity index (χ0) is 23.0. The van der Waals surface area contributed by atoms with Crippen molar-refractivity contribution in [3.05, 3.63) is 70.3 Å². The van der Waals surface area contributed by atoms with Crippen molar-refractivity contribution in [3.8, 4) is 11.8 Å². The van der Waals surface area contributed by atoms with Crippen LogP contribution in [0.2, 0.25) is 5.02 Å². The first-order valence-electron chi connectivity index (χ1n) is 10.2. The molecule has 1 aliphatic rings. The molecule has 1 aliphatic heterocycles. The maximum atomic E-state index is 12.6. The van der Waals surface area contributed by atoms with Gasteiger partial charge in [-0.2, -0.15) is 5.26 Å². The van der Waals surface area contributed by atoms with Crippen LogP contribution in [-0.4, -0.2) is 42.4 Å². The van der Waals surface area contributed by atoms with Crippen LogP contribution in [0.3, 0.4) is 0 Å². The molecule has 0 saturated carbocycles. The van der Waals surface area contributed by atoms with Crippen molar-refractivity contribution in [2.45, 2.75) is 6.61 Å². The zero-order valence-corrected chi connectivity index (χ0v) is 19.1. The monoisotopic (exact) mass is 481 g/mol. The van der Waals surface area contributed by atoms with E-state index in [1.54, 1.807) is 18.2 Å². The summed E-state index contributed by atoms with van der Waals surface area (Å²) in [6.45, 7) is 3.08. The summed E-state index contributed by atoms with van der Waals surface area (Å²) < 4.78 is 11.1. The quantitative estimate of drug-likeness (QED) is 0.399. The van der Waals surface area contributed by atoms with Crippen molar-refractivity contribution in [2.24, 2.45) is 0 Å². The molecule has 0 bridgehead atoms. The molecular weight excluding hydrogens is 462 g/mol. The van der Waals surface area contributed by atoms with E-state index in [-0.39, 0.29) is 5.57 Å². The molecule has 2 heterocycles. The Kier molecular flexibility index (Phi) is 7.52. The first-order chi connectivity index (χ1) is 16.1. The lowest BCUT2D eigenvalue weighted by Gasteiger charge is -2.25. The number of halogens is 1. The average Bonchev–Trinajstić information content (AvgIpc) is 3.31. The van der Waals surface area contributed by atoms with Crippen molar-refractivity contribution in [2.75, 3.05) is 36.5 Å². The third kappa shape index (κ3) is 6.08. The number of hydrogen-bond donors (Lipinski definition) is 1. The molecule has 2 aromatic carbocycles. The zero-order valence-electron chi connectivity index (χ0n) is 17.5. The highest BCUT2D eigenvalue weighted by atomic mass is 35.5. The van der Waals surface area contributed by atoms with Crippen LogP contribution in [0, 0.1) is 11.3 Å². The first kappa shape index (κ1) is 22.7. The largest absolute Gasteiger partial charge is 0.487 e. The third-order valence-electron chi connectivity index (χ3n) is 4.79. The fraction of sp³-hybridized carbons (Fsp3) is 0.217. The SMILES string of the molecule is N#C/C(=C/c1ccc(OCc2ccccc2)c(Cl)c1)C(=O)Nc1nnc(N2CCOCC2)s1. The standard InChI is InChI=1S/C23H20ClN5O3S/c24-19-13-17(6-7-20(19)32-15-16-4-2-1-3-5-16)12-18(14-25)21(30)26-22-27-28-23(33-22)29-8-10-31-11-9-29/h1-7,12-13H,8-11,15H2,(H,26,27,30)/b18-12-. The molecule has 3 aromatic rings. The summed E-state index contributed by atoms with van der Waals surface area (Å²) in [5, 5.41) is 21.7. The molecular formula is C23H20ClN5O3S. The Balaban J connectivity index is 1.40. The number of nitrogens with zero attached hydrogens (tertiary/aromatic N) is 4. The van der Waals surface area contributed by atoms with Gasteiger partial charge in [-0.1, -0.05) is 59.3 Å². The van der Waals surface area contributed by atoms with E-state index in [2.05, 4.69) is 15.5 Å². The molecule has 1 N–H and O–H groups in total. The Labute approximate surface area is 200 Å². The van der Waals surface area contributed by atoms with Gasteiger partial charge in [0, 0.05) is 13.1 Å². The van der Waals surface area contributed by atoms with E-state index in [1.807, 2.05) is 41.3 Å². The van der Waals surface area contributed by atoms with Crippen molar-refractivity contribution in [1.82, 2.24) is 10.2 Å². The van der Waals surface area contributed by atoms with Crippen LogP contribution < -0.4 is 15.0 Å². The number of carbonyl (C=O) groups is 1. The number of ether oxygens (including phenoxy) is 2. The van der Waals surface area contributed by atoms with Gasteiger partial charge in [0.2, 0.25) is 10.3 Å². The average molecular weight is 482 g/mol. The van der Waals surface area contributed by atoms with Gasteiger partial charge in [0.15, 0.2) is 0 Å². The number of aromatic nitrogens is 2. The van der Waals surface area contributed by atoms with Crippen LogP contribution in [0.25, 0.3) is 6.08 Å². The van der Waals surface area contributed by atoms with Crippen molar-refractivity contribution >= 4 is 45.2 Å². The van der Waals surface area contributed by atoms with Crippen LogP contribution in [0.5, 0.6) is 5.75 Å². The molecule has 0 unspecified atom stereocenters. The number of rotatable bonds is 7. The molecule has 1 saturated heterocycles. The summed E-state index contributed by atoms with van der Waals surface area (Å²) in [4.78, 5) is 14.6. The van der Waals surface area contributed by atoms with Gasteiger partial charge in [0.1, 0.15) is 24.0 Å². The van der Waals surface area contributed by atoms with Gasteiger partial charge < -0.3 is 14.4 Å². The Hall–Kier alpha value is -3.45.